The van der Waals surface area contributed by atoms with Gasteiger partial charge in [-0.3, -0.25) is 4.79 Å². The zero-order valence-corrected chi connectivity index (χ0v) is 9.62. The van der Waals surface area contributed by atoms with Crippen molar-refractivity contribution in [3.8, 4) is 0 Å². The van der Waals surface area contributed by atoms with Crippen molar-refractivity contribution in [1.82, 2.24) is 0 Å². The van der Waals surface area contributed by atoms with E-state index in [2.05, 4.69) is 11.7 Å². The molecule has 2 rings (SSSR count). The number of halogens is 1. The van der Waals surface area contributed by atoms with Gasteiger partial charge in [-0.2, -0.15) is 0 Å². The van der Waals surface area contributed by atoms with E-state index in [4.69, 9.17) is 0 Å². The molecule has 0 aliphatic heterocycles. The molecule has 2 aliphatic rings. The highest BCUT2D eigenvalue weighted by Crippen LogP contribution is 2.47. The van der Waals surface area contributed by atoms with Crippen molar-refractivity contribution < 1.29 is 13.9 Å². The molecule has 0 radical (unpaired) electrons. The van der Waals surface area contributed by atoms with Crippen LogP contribution in [0.2, 0.25) is 0 Å². The summed E-state index contributed by atoms with van der Waals surface area (Å²) in [7, 11) is 0. The third-order valence-corrected chi connectivity index (χ3v) is 3.58. The van der Waals surface area contributed by atoms with Gasteiger partial charge in [0.25, 0.3) is 6.47 Å². The highest BCUT2D eigenvalue weighted by atomic mass is 19.1. The Morgan fingerprint density at radius 3 is 2.67 bits per heavy atom. The van der Waals surface area contributed by atoms with Crippen molar-refractivity contribution in [1.29, 1.82) is 0 Å². The highest BCUT2D eigenvalue weighted by Gasteiger charge is 2.43. The molecule has 0 saturated heterocycles. The van der Waals surface area contributed by atoms with Crippen LogP contribution in [0.1, 0.15) is 39.5 Å². The molecule has 0 heterocycles. The number of rotatable bonds is 2. The third-order valence-electron chi connectivity index (χ3n) is 3.58. The van der Waals surface area contributed by atoms with E-state index < -0.39 is 6.17 Å². The molecular weight excluding hydrogens is 195 g/mol. The molecular formula is C12H21FO2. The van der Waals surface area contributed by atoms with Gasteiger partial charge in [0.2, 0.25) is 0 Å². The van der Waals surface area contributed by atoms with E-state index in [1.165, 1.54) is 12.8 Å². The van der Waals surface area contributed by atoms with Crippen LogP contribution in [0.5, 0.6) is 0 Å². The standard InChI is InChI=1S/C9H15F.C3H6O2/c1-6-5-7-3-2-4-8(7)9(6)10;1-2-5-3-4/h6-9H,2-5H2,1H3;3H,2H2,1H3. The Hall–Kier alpha value is -0.600. The van der Waals surface area contributed by atoms with Gasteiger partial charge in [-0.25, -0.2) is 4.39 Å². The van der Waals surface area contributed by atoms with Gasteiger partial charge in [-0.05, 0) is 37.5 Å². The van der Waals surface area contributed by atoms with Crippen LogP contribution in [0.25, 0.3) is 0 Å². The van der Waals surface area contributed by atoms with Gasteiger partial charge in [0.05, 0.1) is 6.61 Å². The second kappa shape index (κ2) is 6.09. The van der Waals surface area contributed by atoms with Gasteiger partial charge < -0.3 is 4.74 Å². The van der Waals surface area contributed by atoms with Crippen molar-refractivity contribution >= 4 is 6.47 Å². The normalized spacial score (nSPS) is 37.8. The van der Waals surface area contributed by atoms with E-state index in [0.717, 1.165) is 18.8 Å². The molecule has 0 bridgehead atoms. The fraction of sp³-hybridized carbons (Fsp3) is 0.917. The first-order valence-corrected chi connectivity index (χ1v) is 5.90. The predicted molar refractivity (Wildman–Crippen MR) is 57.2 cm³/mol. The Morgan fingerprint density at radius 2 is 2.20 bits per heavy atom. The number of hydrogen-bond acceptors (Lipinski definition) is 2. The second-order valence-electron chi connectivity index (χ2n) is 4.56. The first-order valence-electron chi connectivity index (χ1n) is 5.90. The molecule has 0 spiro atoms. The monoisotopic (exact) mass is 216 g/mol. The SMILES string of the molecule is CC1CC2CCCC2C1F.CCOC=O. The Morgan fingerprint density at radius 1 is 1.47 bits per heavy atom. The van der Waals surface area contributed by atoms with Gasteiger partial charge >= 0.3 is 0 Å². The fourth-order valence-corrected chi connectivity index (χ4v) is 2.87. The minimum absolute atomic E-state index is 0.357. The lowest BCUT2D eigenvalue weighted by molar-refractivity contribution is -0.128. The van der Waals surface area contributed by atoms with Gasteiger partial charge in [-0.15, -0.1) is 0 Å². The molecule has 4 unspecified atom stereocenters. The lowest BCUT2D eigenvalue weighted by Gasteiger charge is -2.11. The quantitative estimate of drug-likeness (QED) is 0.663. The summed E-state index contributed by atoms with van der Waals surface area (Å²) in [5.74, 6) is 1.57. The minimum Gasteiger partial charge on any atom is -0.468 e. The van der Waals surface area contributed by atoms with Gasteiger partial charge in [0.15, 0.2) is 0 Å². The number of carbonyl (C=O) groups excluding carboxylic acids is 1. The second-order valence-corrected chi connectivity index (χ2v) is 4.56. The van der Waals surface area contributed by atoms with Crippen LogP contribution in [0.3, 0.4) is 0 Å². The van der Waals surface area contributed by atoms with Crippen molar-refractivity contribution in [2.24, 2.45) is 17.8 Å². The number of alkyl halides is 1. The van der Waals surface area contributed by atoms with Crippen LogP contribution in [-0.2, 0) is 9.53 Å². The third kappa shape index (κ3) is 3.18. The molecule has 0 aromatic heterocycles. The first-order chi connectivity index (χ1) is 7.20. The number of carbonyl (C=O) groups is 1. The summed E-state index contributed by atoms with van der Waals surface area (Å²) in [4.78, 5) is 9.18. The predicted octanol–water partition coefficient (Wildman–Crippen LogP) is 2.96. The van der Waals surface area contributed by atoms with Crippen LogP contribution in [0.15, 0.2) is 0 Å². The molecule has 2 saturated carbocycles. The maximum Gasteiger partial charge on any atom is 0.293 e. The average Bonchev–Trinajstić information content (AvgIpc) is 2.75. The van der Waals surface area contributed by atoms with Gasteiger partial charge in [0, 0.05) is 0 Å². The summed E-state index contributed by atoms with van der Waals surface area (Å²) in [6.45, 7) is 4.72. The van der Waals surface area contributed by atoms with Crippen LogP contribution in [-0.4, -0.2) is 19.3 Å². The molecule has 0 aromatic rings. The molecule has 4 atom stereocenters. The topological polar surface area (TPSA) is 26.3 Å². The molecule has 3 heteroatoms. The molecule has 2 nitrogen and oxygen atoms in total. The van der Waals surface area contributed by atoms with Crippen LogP contribution in [0, 0.1) is 17.8 Å². The molecule has 88 valence electrons. The highest BCUT2D eigenvalue weighted by molar-refractivity contribution is 5.36. The largest absolute Gasteiger partial charge is 0.468 e. The maximum atomic E-state index is 13.3. The fourth-order valence-electron chi connectivity index (χ4n) is 2.87. The molecule has 15 heavy (non-hydrogen) atoms. The summed E-state index contributed by atoms with van der Waals surface area (Å²) in [6, 6.07) is 0. The van der Waals surface area contributed by atoms with E-state index in [9.17, 15) is 9.18 Å². The number of fused-ring (bicyclic) bond motifs is 1. The summed E-state index contributed by atoms with van der Waals surface area (Å²) in [5.41, 5.74) is 0. The maximum absolute atomic E-state index is 13.3. The average molecular weight is 216 g/mol. The number of ether oxygens (including phenoxy) is 1. The lowest BCUT2D eigenvalue weighted by atomic mass is 10.00. The van der Waals surface area contributed by atoms with Crippen molar-refractivity contribution in [3.63, 3.8) is 0 Å². The minimum atomic E-state index is -0.465. The lowest BCUT2D eigenvalue weighted by Crippen LogP contribution is -2.13. The van der Waals surface area contributed by atoms with E-state index in [1.54, 1.807) is 6.92 Å². The summed E-state index contributed by atoms with van der Waals surface area (Å²) in [6.07, 6.45) is 4.44. The zero-order valence-electron chi connectivity index (χ0n) is 9.62. The Labute approximate surface area is 91.2 Å². The summed E-state index contributed by atoms with van der Waals surface area (Å²) >= 11 is 0. The smallest absolute Gasteiger partial charge is 0.293 e. The Kier molecular flexibility index (Phi) is 5.06. The van der Waals surface area contributed by atoms with Crippen LogP contribution < -0.4 is 0 Å². The first kappa shape index (κ1) is 12.5. The Bertz CT molecular complexity index is 194. The molecule has 0 N–H and O–H groups in total. The zero-order chi connectivity index (χ0) is 11.3. The van der Waals surface area contributed by atoms with Crippen LogP contribution >= 0.6 is 0 Å². The van der Waals surface area contributed by atoms with Crippen molar-refractivity contribution in [2.75, 3.05) is 6.61 Å². The molecule has 2 fully saturated rings. The van der Waals surface area contributed by atoms with Crippen molar-refractivity contribution in [2.45, 2.75) is 45.7 Å². The van der Waals surface area contributed by atoms with E-state index in [1.807, 2.05) is 0 Å². The molecule has 2 aliphatic carbocycles. The summed E-state index contributed by atoms with van der Waals surface area (Å²) in [5, 5.41) is 0. The van der Waals surface area contributed by atoms with Gasteiger partial charge in [0.1, 0.15) is 6.17 Å². The van der Waals surface area contributed by atoms with E-state index in [-0.39, 0.29) is 0 Å². The van der Waals surface area contributed by atoms with E-state index >= 15 is 0 Å². The number of hydrogen-bond donors (Lipinski definition) is 0. The molecule has 0 aromatic carbocycles. The van der Waals surface area contributed by atoms with Crippen molar-refractivity contribution in [3.05, 3.63) is 0 Å². The van der Waals surface area contributed by atoms with E-state index in [0.29, 0.717) is 24.9 Å². The van der Waals surface area contributed by atoms with Crippen LogP contribution in [0.4, 0.5) is 4.39 Å². The summed E-state index contributed by atoms with van der Waals surface area (Å²) < 4.78 is 17.4. The Balaban J connectivity index is 0.000000195. The van der Waals surface area contributed by atoms with Gasteiger partial charge in [-0.1, -0.05) is 19.8 Å². The molecule has 0 amide bonds.